The average molecular weight is 348 g/mol. The van der Waals surface area contributed by atoms with Crippen LogP contribution >= 0.6 is 23.2 Å². The fourth-order valence-corrected chi connectivity index (χ4v) is 2.42. The van der Waals surface area contributed by atoms with Crippen LogP contribution in [0.25, 0.3) is 0 Å². The number of amides is 1. The summed E-state index contributed by atoms with van der Waals surface area (Å²) in [6.45, 7) is 2.05. The molecule has 0 unspecified atom stereocenters. The van der Waals surface area contributed by atoms with Crippen LogP contribution in [0.5, 0.6) is 0 Å². The van der Waals surface area contributed by atoms with E-state index in [1.165, 1.54) is 0 Å². The maximum atomic E-state index is 12.0. The van der Waals surface area contributed by atoms with Gasteiger partial charge in [-0.1, -0.05) is 35.3 Å². The van der Waals surface area contributed by atoms with Gasteiger partial charge in [0.05, 0.1) is 17.8 Å². The standard InChI is InChI=1S/C17H15Cl2N3O/c1-11(12-3-2-4-14(18)7-12)21-10-17(23)22-16-8-15(19)6-5-13(16)9-20/h2-8,11,21H,10H2,1H3,(H,22,23)/t11-/m1/s1. The van der Waals surface area contributed by atoms with Crippen molar-refractivity contribution in [1.29, 1.82) is 5.26 Å². The number of anilines is 1. The number of hydrogen-bond acceptors (Lipinski definition) is 3. The van der Waals surface area contributed by atoms with Gasteiger partial charge in [0.1, 0.15) is 6.07 Å². The van der Waals surface area contributed by atoms with Gasteiger partial charge in [0.15, 0.2) is 0 Å². The van der Waals surface area contributed by atoms with E-state index in [4.69, 9.17) is 28.5 Å². The summed E-state index contributed by atoms with van der Waals surface area (Å²) in [5.41, 5.74) is 1.76. The molecule has 0 saturated carbocycles. The summed E-state index contributed by atoms with van der Waals surface area (Å²) in [7, 11) is 0. The van der Waals surface area contributed by atoms with Gasteiger partial charge in [-0.2, -0.15) is 5.26 Å². The summed E-state index contributed by atoms with van der Waals surface area (Å²) in [6.07, 6.45) is 0. The van der Waals surface area contributed by atoms with Gasteiger partial charge in [-0.15, -0.1) is 0 Å². The lowest BCUT2D eigenvalue weighted by Crippen LogP contribution is -2.30. The van der Waals surface area contributed by atoms with E-state index in [2.05, 4.69) is 10.6 Å². The summed E-state index contributed by atoms with van der Waals surface area (Å²) in [5, 5.41) is 15.9. The highest BCUT2D eigenvalue weighted by Crippen LogP contribution is 2.20. The molecular weight excluding hydrogens is 333 g/mol. The lowest BCUT2D eigenvalue weighted by Gasteiger charge is -2.15. The molecule has 0 radical (unpaired) electrons. The molecule has 23 heavy (non-hydrogen) atoms. The van der Waals surface area contributed by atoms with Gasteiger partial charge < -0.3 is 10.6 Å². The molecule has 0 aromatic heterocycles. The smallest absolute Gasteiger partial charge is 0.238 e. The van der Waals surface area contributed by atoms with Crippen molar-refractivity contribution >= 4 is 34.8 Å². The highest BCUT2D eigenvalue weighted by atomic mass is 35.5. The Morgan fingerprint density at radius 2 is 1.96 bits per heavy atom. The van der Waals surface area contributed by atoms with E-state index in [0.717, 1.165) is 5.56 Å². The van der Waals surface area contributed by atoms with Crippen molar-refractivity contribution in [2.75, 3.05) is 11.9 Å². The molecule has 2 aromatic carbocycles. The first-order valence-electron chi connectivity index (χ1n) is 6.98. The van der Waals surface area contributed by atoms with Gasteiger partial charge in [-0.3, -0.25) is 4.79 Å². The van der Waals surface area contributed by atoms with Crippen LogP contribution in [0.3, 0.4) is 0 Å². The summed E-state index contributed by atoms with van der Waals surface area (Å²) in [4.78, 5) is 12.0. The number of carbonyl (C=O) groups excluding carboxylic acids is 1. The molecule has 1 atom stereocenters. The quantitative estimate of drug-likeness (QED) is 0.853. The first-order valence-corrected chi connectivity index (χ1v) is 7.73. The van der Waals surface area contributed by atoms with Crippen LogP contribution in [-0.4, -0.2) is 12.5 Å². The Bertz CT molecular complexity index is 756. The maximum absolute atomic E-state index is 12.0. The van der Waals surface area contributed by atoms with Crippen molar-refractivity contribution in [3.63, 3.8) is 0 Å². The van der Waals surface area contributed by atoms with Gasteiger partial charge in [0.25, 0.3) is 0 Å². The minimum atomic E-state index is -0.252. The van der Waals surface area contributed by atoms with Crippen molar-refractivity contribution in [2.24, 2.45) is 0 Å². The number of halogens is 2. The van der Waals surface area contributed by atoms with Gasteiger partial charge in [-0.25, -0.2) is 0 Å². The Kier molecular flexibility index (Phi) is 6.00. The topological polar surface area (TPSA) is 64.9 Å². The lowest BCUT2D eigenvalue weighted by molar-refractivity contribution is -0.115. The number of hydrogen-bond donors (Lipinski definition) is 2. The normalized spacial score (nSPS) is 11.6. The third-order valence-electron chi connectivity index (χ3n) is 3.29. The van der Waals surface area contributed by atoms with Crippen molar-refractivity contribution in [3.8, 4) is 6.07 Å². The monoisotopic (exact) mass is 347 g/mol. The largest absolute Gasteiger partial charge is 0.324 e. The minimum Gasteiger partial charge on any atom is -0.324 e. The van der Waals surface area contributed by atoms with Crippen LogP contribution in [0.1, 0.15) is 24.1 Å². The highest BCUT2D eigenvalue weighted by molar-refractivity contribution is 6.31. The zero-order valence-electron chi connectivity index (χ0n) is 12.4. The van der Waals surface area contributed by atoms with Crippen LogP contribution in [0.15, 0.2) is 42.5 Å². The highest BCUT2D eigenvalue weighted by Gasteiger charge is 2.10. The second-order valence-electron chi connectivity index (χ2n) is 5.01. The van der Waals surface area contributed by atoms with Crippen LogP contribution in [-0.2, 0) is 4.79 Å². The van der Waals surface area contributed by atoms with E-state index in [-0.39, 0.29) is 18.5 Å². The molecule has 118 valence electrons. The van der Waals surface area contributed by atoms with E-state index >= 15 is 0 Å². The molecule has 0 aliphatic heterocycles. The van der Waals surface area contributed by atoms with E-state index in [0.29, 0.717) is 21.3 Å². The van der Waals surface area contributed by atoms with Crippen LogP contribution in [0.4, 0.5) is 5.69 Å². The molecule has 1 amide bonds. The molecular formula is C17H15Cl2N3O. The summed E-state index contributed by atoms with van der Waals surface area (Å²) in [5.74, 6) is -0.252. The molecule has 2 N–H and O–H groups in total. The predicted molar refractivity (Wildman–Crippen MR) is 92.7 cm³/mol. The Labute approximate surface area is 145 Å². The SMILES string of the molecule is C[C@@H](NCC(=O)Nc1cc(Cl)ccc1C#N)c1cccc(Cl)c1. The first-order chi connectivity index (χ1) is 11.0. The molecule has 0 spiro atoms. The lowest BCUT2D eigenvalue weighted by atomic mass is 10.1. The third kappa shape index (κ3) is 4.97. The molecule has 0 heterocycles. The van der Waals surface area contributed by atoms with E-state index in [1.807, 2.05) is 31.2 Å². The fraction of sp³-hybridized carbons (Fsp3) is 0.176. The summed E-state index contributed by atoms with van der Waals surface area (Å²) < 4.78 is 0. The Hall–Kier alpha value is -2.06. The summed E-state index contributed by atoms with van der Waals surface area (Å²) in [6, 6.07) is 14.2. The molecule has 0 aliphatic rings. The number of nitriles is 1. The van der Waals surface area contributed by atoms with Crippen LogP contribution in [0.2, 0.25) is 10.0 Å². The van der Waals surface area contributed by atoms with Crippen molar-refractivity contribution in [2.45, 2.75) is 13.0 Å². The minimum absolute atomic E-state index is 0.0331. The van der Waals surface area contributed by atoms with Gasteiger partial charge >= 0.3 is 0 Å². The van der Waals surface area contributed by atoms with E-state index < -0.39 is 0 Å². The molecule has 0 saturated heterocycles. The van der Waals surface area contributed by atoms with Gasteiger partial charge in [0, 0.05) is 16.1 Å². The Morgan fingerprint density at radius 1 is 1.22 bits per heavy atom. The third-order valence-corrected chi connectivity index (χ3v) is 3.76. The second-order valence-corrected chi connectivity index (χ2v) is 5.88. The molecule has 4 nitrogen and oxygen atoms in total. The van der Waals surface area contributed by atoms with Crippen molar-refractivity contribution in [3.05, 3.63) is 63.6 Å². The van der Waals surface area contributed by atoms with E-state index in [1.54, 1.807) is 24.3 Å². The average Bonchev–Trinajstić information content (AvgIpc) is 2.53. The molecule has 0 aliphatic carbocycles. The second kappa shape index (κ2) is 7.98. The van der Waals surface area contributed by atoms with Crippen LogP contribution < -0.4 is 10.6 Å². The van der Waals surface area contributed by atoms with E-state index in [9.17, 15) is 4.79 Å². The Balaban J connectivity index is 1.95. The van der Waals surface area contributed by atoms with Crippen molar-refractivity contribution < 1.29 is 4.79 Å². The molecule has 2 aromatic rings. The number of carbonyl (C=O) groups is 1. The van der Waals surface area contributed by atoms with Gasteiger partial charge in [0.2, 0.25) is 5.91 Å². The molecule has 2 rings (SSSR count). The van der Waals surface area contributed by atoms with Crippen LogP contribution in [0, 0.1) is 11.3 Å². The van der Waals surface area contributed by atoms with Gasteiger partial charge in [-0.05, 0) is 42.8 Å². The zero-order valence-corrected chi connectivity index (χ0v) is 13.9. The summed E-state index contributed by atoms with van der Waals surface area (Å²) >= 11 is 11.8. The molecule has 6 heteroatoms. The number of nitrogens with zero attached hydrogens (tertiary/aromatic N) is 1. The first kappa shape index (κ1) is 17.3. The number of benzene rings is 2. The fourth-order valence-electron chi connectivity index (χ4n) is 2.05. The maximum Gasteiger partial charge on any atom is 0.238 e. The number of nitrogens with one attached hydrogen (secondary N) is 2. The molecule has 0 fully saturated rings. The molecule has 0 bridgehead atoms. The van der Waals surface area contributed by atoms with Crippen molar-refractivity contribution in [1.82, 2.24) is 5.32 Å². The number of rotatable bonds is 5. The zero-order chi connectivity index (χ0) is 16.8. The predicted octanol–water partition coefficient (Wildman–Crippen LogP) is 4.15. The Morgan fingerprint density at radius 3 is 2.65 bits per heavy atom.